The molecule has 0 fully saturated rings. The maximum absolute atomic E-state index is 12.4. The highest BCUT2D eigenvalue weighted by Crippen LogP contribution is 2.16. The highest BCUT2D eigenvalue weighted by molar-refractivity contribution is 5.97. The van der Waals surface area contributed by atoms with Gasteiger partial charge in [0, 0.05) is 5.56 Å². The third kappa shape index (κ3) is 2.79. The van der Waals surface area contributed by atoms with E-state index in [1.54, 1.807) is 12.4 Å². The van der Waals surface area contributed by atoms with Crippen molar-refractivity contribution in [3.8, 4) is 5.75 Å². The van der Waals surface area contributed by atoms with Crippen LogP contribution < -0.4 is 4.74 Å². The van der Waals surface area contributed by atoms with Crippen LogP contribution in [0.4, 0.5) is 0 Å². The molecule has 0 amide bonds. The number of ketones is 1. The Labute approximate surface area is 123 Å². The molecule has 2 aromatic carbocycles. The number of Topliss-reactive ketones (excluding diaryl/α,β-unsaturated/α-hetero) is 1. The van der Waals surface area contributed by atoms with E-state index in [-0.39, 0.29) is 12.3 Å². The molecule has 1 heterocycles. The first-order valence-corrected chi connectivity index (χ1v) is 6.94. The molecular formula is C17H16N2O2. The predicted molar refractivity (Wildman–Crippen MR) is 81.7 cm³/mol. The van der Waals surface area contributed by atoms with Gasteiger partial charge < -0.3 is 9.30 Å². The lowest BCUT2D eigenvalue weighted by Gasteiger charge is -2.07. The number of hydrogen-bond acceptors (Lipinski definition) is 3. The smallest absolute Gasteiger partial charge is 0.182 e. The minimum Gasteiger partial charge on any atom is -0.494 e. The second-order valence-electron chi connectivity index (χ2n) is 4.75. The van der Waals surface area contributed by atoms with Gasteiger partial charge in [-0.05, 0) is 31.2 Å². The molecule has 0 atom stereocenters. The van der Waals surface area contributed by atoms with Gasteiger partial charge >= 0.3 is 0 Å². The van der Waals surface area contributed by atoms with Crippen LogP contribution in [0, 0.1) is 0 Å². The number of para-hydroxylation sites is 2. The SMILES string of the molecule is CCOc1cccc(C(=O)Cn2cnc3ccccc32)c1. The van der Waals surface area contributed by atoms with Gasteiger partial charge in [-0.25, -0.2) is 4.98 Å². The van der Waals surface area contributed by atoms with E-state index < -0.39 is 0 Å². The van der Waals surface area contributed by atoms with Crippen molar-refractivity contribution in [1.29, 1.82) is 0 Å². The first-order valence-electron chi connectivity index (χ1n) is 6.94. The Balaban J connectivity index is 1.84. The number of benzene rings is 2. The molecule has 0 aliphatic heterocycles. The molecule has 4 heteroatoms. The van der Waals surface area contributed by atoms with E-state index in [4.69, 9.17) is 4.74 Å². The van der Waals surface area contributed by atoms with E-state index in [1.165, 1.54) is 0 Å². The summed E-state index contributed by atoms with van der Waals surface area (Å²) in [5.74, 6) is 0.763. The number of nitrogens with zero attached hydrogens (tertiary/aromatic N) is 2. The maximum atomic E-state index is 12.4. The highest BCUT2D eigenvalue weighted by Gasteiger charge is 2.10. The van der Waals surface area contributed by atoms with Gasteiger partial charge in [-0.2, -0.15) is 0 Å². The van der Waals surface area contributed by atoms with Crippen molar-refractivity contribution in [1.82, 2.24) is 9.55 Å². The van der Waals surface area contributed by atoms with E-state index in [0.29, 0.717) is 12.2 Å². The molecule has 21 heavy (non-hydrogen) atoms. The Morgan fingerprint density at radius 3 is 2.90 bits per heavy atom. The van der Waals surface area contributed by atoms with Gasteiger partial charge in [-0.1, -0.05) is 24.3 Å². The van der Waals surface area contributed by atoms with Gasteiger partial charge in [0.25, 0.3) is 0 Å². The van der Waals surface area contributed by atoms with Gasteiger partial charge in [0.2, 0.25) is 0 Å². The molecule has 4 nitrogen and oxygen atoms in total. The number of aromatic nitrogens is 2. The van der Waals surface area contributed by atoms with Gasteiger partial charge in [-0.15, -0.1) is 0 Å². The van der Waals surface area contributed by atoms with Crippen molar-refractivity contribution in [2.24, 2.45) is 0 Å². The molecule has 0 aliphatic carbocycles. The van der Waals surface area contributed by atoms with Crippen LogP contribution in [0.5, 0.6) is 5.75 Å². The first kappa shape index (κ1) is 13.4. The molecule has 1 aromatic heterocycles. The molecular weight excluding hydrogens is 264 g/mol. The van der Waals surface area contributed by atoms with Crippen LogP contribution in [-0.2, 0) is 6.54 Å². The molecule has 0 unspecified atom stereocenters. The van der Waals surface area contributed by atoms with Crippen molar-refractivity contribution >= 4 is 16.8 Å². The molecule has 0 bridgehead atoms. The van der Waals surface area contributed by atoms with Gasteiger partial charge in [-0.3, -0.25) is 4.79 Å². The Morgan fingerprint density at radius 2 is 2.05 bits per heavy atom. The molecule has 0 saturated carbocycles. The maximum Gasteiger partial charge on any atom is 0.182 e. The predicted octanol–water partition coefficient (Wildman–Crippen LogP) is 3.32. The normalized spacial score (nSPS) is 10.7. The third-order valence-electron chi connectivity index (χ3n) is 3.31. The lowest BCUT2D eigenvalue weighted by Crippen LogP contribution is -2.09. The quantitative estimate of drug-likeness (QED) is 0.673. The summed E-state index contributed by atoms with van der Waals surface area (Å²) in [4.78, 5) is 16.7. The second-order valence-corrected chi connectivity index (χ2v) is 4.75. The third-order valence-corrected chi connectivity index (χ3v) is 3.31. The fourth-order valence-corrected chi connectivity index (χ4v) is 2.31. The van der Waals surface area contributed by atoms with Gasteiger partial charge in [0.1, 0.15) is 5.75 Å². The first-order chi connectivity index (χ1) is 10.3. The van der Waals surface area contributed by atoms with Crippen molar-refractivity contribution in [3.05, 3.63) is 60.4 Å². The Morgan fingerprint density at radius 1 is 1.19 bits per heavy atom. The number of hydrogen-bond donors (Lipinski definition) is 0. The number of rotatable bonds is 5. The monoisotopic (exact) mass is 280 g/mol. The zero-order chi connectivity index (χ0) is 14.7. The molecule has 3 aromatic rings. The van der Waals surface area contributed by atoms with Crippen LogP contribution in [0.25, 0.3) is 11.0 Å². The summed E-state index contributed by atoms with van der Waals surface area (Å²) in [5.41, 5.74) is 2.51. The lowest BCUT2D eigenvalue weighted by atomic mass is 10.1. The van der Waals surface area contributed by atoms with Crippen LogP contribution in [0.1, 0.15) is 17.3 Å². The van der Waals surface area contributed by atoms with Gasteiger partial charge in [0.15, 0.2) is 5.78 Å². The average molecular weight is 280 g/mol. The van der Waals surface area contributed by atoms with Crippen molar-refractivity contribution in [2.75, 3.05) is 6.61 Å². The lowest BCUT2D eigenvalue weighted by molar-refractivity contribution is 0.0973. The number of fused-ring (bicyclic) bond motifs is 1. The zero-order valence-corrected chi connectivity index (χ0v) is 11.8. The number of carbonyl (C=O) groups is 1. The summed E-state index contributed by atoms with van der Waals surface area (Å²) in [6, 6.07) is 15.1. The molecule has 0 spiro atoms. The van der Waals surface area contributed by atoms with Crippen LogP contribution in [0.2, 0.25) is 0 Å². The van der Waals surface area contributed by atoms with Crippen LogP contribution in [-0.4, -0.2) is 21.9 Å². The number of imidazole rings is 1. The summed E-state index contributed by atoms with van der Waals surface area (Å²) >= 11 is 0. The van der Waals surface area contributed by atoms with Crippen molar-refractivity contribution in [3.63, 3.8) is 0 Å². The summed E-state index contributed by atoms with van der Waals surface area (Å²) in [6.07, 6.45) is 1.70. The number of carbonyl (C=O) groups excluding carboxylic acids is 1. The summed E-state index contributed by atoms with van der Waals surface area (Å²) < 4.78 is 7.30. The van der Waals surface area contributed by atoms with E-state index in [1.807, 2.05) is 54.0 Å². The molecule has 0 radical (unpaired) electrons. The van der Waals surface area contributed by atoms with Crippen LogP contribution in [0.3, 0.4) is 0 Å². The van der Waals surface area contributed by atoms with E-state index in [9.17, 15) is 4.79 Å². The molecule has 3 rings (SSSR count). The van der Waals surface area contributed by atoms with E-state index >= 15 is 0 Å². The fourth-order valence-electron chi connectivity index (χ4n) is 2.31. The van der Waals surface area contributed by atoms with E-state index in [0.717, 1.165) is 16.8 Å². The highest BCUT2D eigenvalue weighted by atomic mass is 16.5. The number of ether oxygens (including phenoxy) is 1. The average Bonchev–Trinajstić information content (AvgIpc) is 2.91. The van der Waals surface area contributed by atoms with Crippen LogP contribution >= 0.6 is 0 Å². The Bertz CT molecular complexity index is 777. The van der Waals surface area contributed by atoms with Crippen LogP contribution in [0.15, 0.2) is 54.9 Å². The molecule has 0 saturated heterocycles. The van der Waals surface area contributed by atoms with Gasteiger partial charge in [0.05, 0.1) is 30.5 Å². The molecule has 0 N–H and O–H groups in total. The minimum atomic E-state index is 0.0414. The largest absolute Gasteiger partial charge is 0.494 e. The van der Waals surface area contributed by atoms with E-state index in [2.05, 4.69) is 4.98 Å². The summed E-state index contributed by atoms with van der Waals surface area (Å²) in [7, 11) is 0. The zero-order valence-electron chi connectivity index (χ0n) is 11.8. The second kappa shape index (κ2) is 5.79. The standard InChI is InChI=1S/C17H16N2O2/c1-2-21-14-7-5-6-13(10-14)17(20)11-19-12-18-15-8-3-4-9-16(15)19/h3-10,12H,2,11H2,1H3. The molecule has 106 valence electrons. The minimum absolute atomic E-state index is 0.0414. The Hall–Kier alpha value is -2.62. The Kier molecular flexibility index (Phi) is 3.69. The fraction of sp³-hybridized carbons (Fsp3) is 0.176. The van der Waals surface area contributed by atoms with Crippen molar-refractivity contribution < 1.29 is 9.53 Å². The summed E-state index contributed by atoms with van der Waals surface area (Å²) in [5, 5.41) is 0. The molecule has 0 aliphatic rings. The van der Waals surface area contributed by atoms with Crippen molar-refractivity contribution in [2.45, 2.75) is 13.5 Å². The summed E-state index contributed by atoms with van der Waals surface area (Å²) in [6.45, 7) is 2.78. The topological polar surface area (TPSA) is 44.1 Å².